The molecule has 0 unspecified atom stereocenters. The molecule has 0 aliphatic rings. The van der Waals surface area contributed by atoms with Crippen molar-refractivity contribution in [3.8, 4) is 17.3 Å². The Morgan fingerprint density at radius 3 is 2.70 bits per heavy atom. The Morgan fingerprint density at radius 2 is 2.10 bits per heavy atom. The zero-order valence-corrected chi connectivity index (χ0v) is 16.1. The minimum Gasteiger partial charge on any atom is -0.858 e. The fourth-order valence-corrected chi connectivity index (χ4v) is 3.97. The van der Waals surface area contributed by atoms with Crippen LogP contribution >= 0.6 is 11.3 Å². The molecule has 0 aliphatic heterocycles. The summed E-state index contributed by atoms with van der Waals surface area (Å²) in [6, 6.07) is 6.95. The number of nitriles is 1. The quantitative estimate of drug-likeness (QED) is 0.246. The molecule has 4 rings (SSSR count). The molecule has 0 bridgehead atoms. The number of benzene rings is 1. The fraction of sp³-hybridized carbons (Fsp3) is 0.0556. The first kappa shape index (κ1) is 19.1. The molecular formula is C18H12FN7O3S. The third-order valence-corrected chi connectivity index (χ3v) is 5.40. The van der Waals surface area contributed by atoms with E-state index in [9.17, 15) is 19.6 Å². The van der Waals surface area contributed by atoms with E-state index in [1.807, 2.05) is 6.07 Å². The SMILES string of the molecule is C[n+]1[nH]oc(=O)c1-c1c(C#N)c(N)nc2sc(C([O-])=Nc3ccc(F)cc3)c(N)c12. The molecule has 0 amide bonds. The van der Waals surface area contributed by atoms with Crippen molar-refractivity contribution in [2.75, 3.05) is 11.5 Å². The molecule has 10 nitrogen and oxygen atoms in total. The Morgan fingerprint density at radius 1 is 1.40 bits per heavy atom. The lowest BCUT2D eigenvalue weighted by molar-refractivity contribution is -0.730. The van der Waals surface area contributed by atoms with Gasteiger partial charge >= 0.3 is 11.3 Å². The maximum atomic E-state index is 13.1. The molecule has 0 atom stereocenters. The van der Waals surface area contributed by atoms with Crippen LogP contribution in [0.1, 0.15) is 10.4 Å². The van der Waals surface area contributed by atoms with E-state index in [-0.39, 0.29) is 49.1 Å². The van der Waals surface area contributed by atoms with Crippen molar-refractivity contribution < 1.29 is 18.7 Å². The number of nitrogen functional groups attached to an aromatic ring is 2. The van der Waals surface area contributed by atoms with Gasteiger partial charge in [0.15, 0.2) is 7.05 Å². The summed E-state index contributed by atoms with van der Waals surface area (Å²) in [6.45, 7) is 0. The number of fused-ring (bicyclic) bond motifs is 1. The molecule has 4 aromatic rings. The Labute approximate surface area is 171 Å². The molecule has 0 spiro atoms. The van der Waals surface area contributed by atoms with E-state index in [1.54, 1.807) is 0 Å². The number of anilines is 2. The number of aromatic amines is 1. The van der Waals surface area contributed by atoms with E-state index in [4.69, 9.17) is 16.0 Å². The number of H-pyrrole nitrogens is 1. The minimum absolute atomic E-state index is 0.00883. The predicted octanol–water partition coefficient (Wildman–Crippen LogP) is 0.683. The van der Waals surface area contributed by atoms with Crippen molar-refractivity contribution in [1.29, 1.82) is 5.26 Å². The topological polar surface area (TPSA) is 174 Å². The lowest BCUT2D eigenvalue weighted by Crippen LogP contribution is -2.34. The number of nitrogens with two attached hydrogens (primary N) is 2. The Kier molecular flexibility index (Phi) is 4.44. The van der Waals surface area contributed by atoms with Crippen LogP contribution in [0, 0.1) is 17.1 Å². The van der Waals surface area contributed by atoms with Gasteiger partial charge in [-0.05, 0) is 29.5 Å². The molecule has 0 aliphatic carbocycles. The first-order valence-corrected chi connectivity index (χ1v) is 9.14. The highest BCUT2D eigenvalue weighted by Crippen LogP contribution is 2.41. The average Bonchev–Trinajstić information content (AvgIpc) is 3.21. The summed E-state index contributed by atoms with van der Waals surface area (Å²) in [5.74, 6) is -1.28. The van der Waals surface area contributed by atoms with Crippen LogP contribution in [-0.2, 0) is 7.05 Å². The Hall–Kier alpha value is -4.24. The number of nitrogens with zero attached hydrogens (tertiary/aromatic N) is 4. The maximum absolute atomic E-state index is 13.1. The Balaban J connectivity index is 2.02. The van der Waals surface area contributed by atoms with E-state index in [0.717, 1.165) is 11.3 Å². The van der Waals surface area contributed by atoms with Gasteiger partial charge in [-0.2, -0.15) is 5.26 Å². The summed E-state index contributed by atoms with van der Waals surface area (Å²) < 4.78 is 19.1. The number of hydrogen-bond donors (Lipinski definition) is 3. The second-order valence-corrected chi connectivity index (χ2v) is 7.16. The van der Waals surface area contributed by atoms with Gasteiger partial charge in [0.2, 0.25) is 0 Å². The normalized spacial score (nSPS) is 11.7. The number of aliphatic imine (C=N–C) groups is 1. The molecule has 0 radical (unpaired) electrons. The standard InChI is InChI=1S/C18H12FN7O3S/c1-26-13(18(28)29-25-26)10-9(6-20)15(22)24-17-11(10)12(21)14(30-17)16(27)23-8-4-2-7(19)3-5-8/h2-5H,1H3,(H5-,21,22,23,24,25,27,28). The van der Waals surface area contributed by atoms with Crippen molar-refractivity contribution in [3.63, 3.8) is 0 Å². The molecule has 5 N–H and O–H groups in total. The molecule has 3 heterocycles. The molecule has 12 heteroatoms. The zero-order chi connectivity index (χ0) is 21.6. The molecule has 0 fully saturated rings. The summed E-state index contributed by atoms with van der Waals surface area (Å²) in [4.78, 5) is 20.6. The van der Waals surface area contributed by atoms with E-state index in [0.29, 0.717) is 0 Å². The number of aromatic nitrogens is 3. The molecular weight excluding hydrogens is 413 g/mol. The van der Waals surface area contributed by atoms with Crippen molar-refractivity contribution in [2.24, 2.45) is 12.0 Å². The van der Waals surface area contributed by atoms with Crippen LogP contribution in [0.5, 0.6) is 0 Å². The molecule has 0 saturated heterocycles. The highest BCUT2D eigenvalue weighted by atomic mass is 32.1. The van der Waals surface area contributed by atoms with E-state index >= 15 is 0 Å². The number of pyridine rings is 1. The second-order valence-electron chi connectivity index (χ2n) is 6.17. The number of rotatable bonds is 3. The van der Waals surface area contributed by atoms with Crippen LogP contribution < -0.4 is 26.9 Å². The number of thiophene rings is 1. The summed E-state index contributed by atoms with van der Waals surface area (Å²) in [6.07, 6.45) is 0. The second kappa shape index (κ2) is 6.98. The van der Waals surface area contributed by atoms with Gasteiger partial charge in [-0.25, -0.2) is 14.2 Å². The van der Waals surface area contributed by atoms with Crippen molar-refractivity contribution >= 4 is 44.6 Å². The average molecular weight is 425 g/mol. The van der Waals surface area contributed by atoms with Crippen LogP contribution in [0.15, 0.2) is 38.6 Å². The van der Waals surface area contributed by atoms with Crippen molar-refractivity contribution in [2.45, 2.75) is 0 Å². The van der Waals surface area contributed by atoms with Crippen LogP contribution in [0.2, 0.25) is 0 Å². The van der Waals surface area contributed by atoms with E-state index < -0.39 is 17.3 Å². The van der Waals surface area contributed by atoms with Gasteiger partial charge in [0.1, 0.15) is 28.1 Å². The van der Waals surface area contributed by atoms with Gasteiger partial charge in [0, 0.05) is 5.90 Å². The highest BCUT2D eigenvalue weighted by Gasteiger charge is 2.30. The first-order valence-electron chi connectivity index (χ1n) is 8.32. The van der Waals surface area contributed by atoms with Crippen LogP contribution in [0.25, 0.3) is 21.5 Å². The number of hydrogen-bond acceptors (Lipinski definition) is 9. The molecule has 1 aromatic carbocycles. The van der Waals surface area contributed by atoms with Gasteiger partial charge in [-0.3, -0.25) is 9.52 Å². The van der Waals surface area contributed by atoms with Crippen LogP contribution in [0.4, 0.5) is 21.6 Å². The number of nitrogens with one attached hydrogen (secondary N) is 1. The zero-order valence-electron chi connectivity index (χ0n) is 15.3. The van der Waals surface area contributed by atoms with Gasteiger partial charge in [-0.15, -0.1) is 11.3 Å². The van der Waals surface area contributed by atoms with Gasteiger partial charge in [0.25, 0.3) is 0 Å². The monoisotopic (exact) mass is 425 g/mol. The molecule has 0 saturated carbocycles. The fourth-order valence-electron chi connectivity index (χ4n) is 2.97. The van der Waals surface area contributed by atoms with Crippen LogP contribution in [0.3, 0.4) is 0 Å². The molecule has 30 heavy (non-hydrogen) atoms. The summed E-state index contributed by atoms with van der Waals surface area (Å²) >= 11 is 0.916. The maximum Gasteiger partial charge on any atom is 0.435 e. The van der Waals surface area contributed by atoms with Crippen molar-refractivity contribution in [3.05, 3.63) is 50.9 Å². The lowest BCUT2D eigenvalue weighted by atomic mass is 10.0. The summed E-state index contributed by atoms with van der Waals surface area (Å²) in [7, 11) is 1.50. The molecule has 150 valence electrons. The minimum atomic E-state index is -0.754. The van der Waals surface area contributed by atoms with E-state index in [1.165, 1.54) is 36.0 Å². The number of halogens is 1. The van der Waals surface area contributed by atoms with Crippen LogP contribution in [-0.4, -0.2) is 16.2 Å². The summed E-state index contributed by atoms with van der Waals surface area (Å²) in [5.41, 5.74) is 11.6. The van der Waals surface area contributed by atoms with E-state index in [2.05, 4.69) is 15.2 Å². The van der Waals surface area contributed by atoms with Crippen molar-refractivity contribution in [1.82, 2.24) is 10.3 Å². The van der Waals surface area contributed by atoms with Gasteiger partial charge in [-0.1, -0.05) is 4.68 Å². The number of aryl methyl sites for hydroxylation is 1. The summed E-state index contributed by atoms with van der Waals surface area (Å²) in [5, 5.41) is 24.9. The largest absolute Gasteiger partial charge is 0.858 e. The predicted molar refractivity (Wildman–Crippen MR) is 105 cm³/mol. The third kappa shape index (κ3) is 2.93. The Bertz CT molecular complexity index is 1430. The first-order chi connectivity index (χ1) is 14.3. The smallest absolute Gasteiger partial charge is 0.435 e. The highest BCUT2D eigenvalue weighted by molar-refractivity contribution is 7.21. The lowest BCUT2D eigenvalue weighted by Gasteiger charge is -2.09. The third-order valence-electron chi connectivity index (χ3n) is 4.31. The van der Waals surface area contributed by atoms with Gasteiger partial charge < -0.3 is 16.6 Å². The molecule has 3 aromatic heterocycles. The van der Waals surface area contributed by atoms with Gasteiger partial charge in [0.05, 0.1) is 27.2 Å².